The van der Waals surface area contributed by atoms with Gasteiger partial charge in [0.25, 0.3) is 0 Å². The molecule has 1 atom stereocenters. The van der Waals surface area contributed by atoms with Crippen molar-refractivity contribution < 1.29 is 14.6 Å². The molecule has 1 unspecified atom stereocenters. The Hall–Kier alpha value is -2.90. The van der Waals surface area contributed by atoms with Gasteiger partial charge in [0, 0.05) is 11.9 Å². The quantitative estimate of drug-likeness (QED) is 0.519. The molecule has 0 aliphatic carbocycles. The smallest absolute Gasteiger partial charge is 0.155 e. The number of furan rings is 1. The van der Waals surface area contributed by atoms with E-state index in [4.69, 9.17) is 9.52 Å². The van der Waals surface area contributed by atoms with Crippen molar-refractivity contribution in [1.29, 1.82) is 0 Å². The van der Waals surface area contributed by atoms with Crippen LogP contribution in [-0.2, 0) is 0 Å². The third-order valence-electron chi connectivity index (χ3n) is 3.77. The Morgan fingerprint density at radius 2 is 2.08 bits per heavy atom. The van der Waals surface area contributed by atoms with Gasteiger partial charge in [0.2, 0.25) is 0 Å². The predicted molar refractivity (Wildman–Crippen MR) is 89.8 cm³/mol. The molecule has 4 aromatic rings. The molecule has 7 nitrogen and oxygen atoms in total. The number of imidazole rings is 1. The van der Waals surface area contributed by atoms with Crippen molar-refractivity contribution >= 4 is 22.4 Å². The molecule has 0 spiro atoms. The average Bonchev–Trinajstić information content (AvgIpc) is 3.22. The summed E-state index contributed by atoms with van der Waals surface area (Å²) in [5, 5.41) is 26.8. The molecular formula is C17H16N4O3. The van der Waals surface area contributed by atoms with Crippen molar-refractivity contribution in [2.45, 2.75) is 6.10 Å². The molecule has 122 valence electrons. The summed E-state index contributed by atoms with van der Waals surface area (Å²) in [6, 6.07) is 13.3. The second kappa shape index (κ2) is 5.95. The van der Waals surface area contributed by atoms with E-state index in [-0.39, 0.29) is 13.2 Å². The molecule has 7 heteroatoms. The molecule has 3 N–H and O–H groups in total. The summed E-state index contributed by atoms with van der Waals surface area (Å²) < 4.78 is 7.57. The topological polar surface area (TPSA) is 95.8 Å². The molecule has 0 fully saturated rings. The molecule has 0 radical (unpaired) electrons. The van der Waals surface area contributed by atoms with E-state index in [0.717, 1.165) is 16.7 Å². The summed E-state index contributed by atoms with van der Waals surface area (Å²) in [6.07, 6.45) is 0.881. The highest BCUT2D eigenvalue weighted by molar-refractivity contribution is 5.82. The Morgan fingerprint density at radius 3 is 2.92 bits per heavy atom. The van der Waals surface area contributed by atoms with E-state index in [9.17, 15) is 5.11 Å². The summed E-state index contributed by atoms with van der Waals surface area (Å²) in [7, 11) is 0. The van der Waals surface area contributed by atoms with Crippen molar-refractivity contribution in [3.8, 4) is 11.5 Å². The van der Waals surface area contributed by atoms with Crippen molar-refractivity contribution in [1.82, 2.24) is 14.6 Å². The van der Waals surface area contributed by atoms with Crippen molar-refractivity contribution in [2.75, 3.05) is 18.5 Å². The maximum atomic E-state index is 9.43. The molecular weight excluding hydrogens is 308 g/mol. The van der Waals surface area contributed by atoms with E-state index >= 15 is 0 Å². The number of aromatic nitrogens is 3. The fraction of sp³-hybridized carbons (Fsp3) is 0.176. The zero-order valence-electron chi connectivity index (χ0n) is 12.8. The first-order chi connectivity index (χ1) is 11.7. The minimum Gasteiger partial charge on any atom is -0.454 e. The molecule has 4 rings (SSSR count). The molecule has 3 aromatic heterocycles. The standard InChI is InChI=1S/C17H16N4O3/c22-10-12(23)8-18-16-5-6-17-19-9-13(21(17)20-16)15-7-11-3-1-2-4-14(11)24-15/h1-7,9,12,22-23H,8,10H2,(H,18,20). The highest BCUT2D eigenvalue weighted by Crippen LogP contribution is 2.28. The van der Waals surface area contributed by atoms with Gasteiger partial charge in [0.1, 0.15) is 17.1 Å². The lowest BCUT2D eigenvalue weighted by molar-refractivity contribution is 0.105. The number of aliphatic hydroxyl groups is 2. The normalized spacial score (nSPS) is 12.8. The third-order valence-corrected chi connectivity index (χ3v) is 3.77. The van der Waals surface area contributed by atoms with Crippen LogP contribution in [-0.4, -0.2) is 44.1 Å². The summed E-state index contributed by atoms with van der Waals surface area (Å²) in [5.41, 5.74) is 2.24. The van der Waals surface area contributed by atoms with Gasteiger partial charge in [-0.3, -0.25) is 0 Å². The van der Waals surface area contributed by atoms with Gasteiger partial charge in [-0.15, -0.1) is 5.10 Å². The predicted octanol–water partition coefficient (Wildman–Crippen LogP) is 1.91. The molecule has 0 aliphatic heterocycles. The van der Waals surface area contributed by atoms with Crippen LogP contribution in [0.15, 0.2) is 53.1 Å². The molecule has 24 heavy (non-hydrogen) atoms. The first-order valence-electron chi connectivity index (χ1n) is 7.61. The zero-order chi connectivity index (χ0) is 16.5. The number of aliphatic hydroxyl groups excluding tert-OH is 2. The summed E-state index contributed by atoms with van der Waals surface area (Å²) in [6.45, 7) is -0.0891. The minimum atomic E-state index is -0.833. The van der Waals surface area contributed by atoms with Crippen LogP contribution in [0, 0.1) is 0 Å². The second-order valence-corrected chi connectivity index (χ2v) is 5.50. The largest absolute Gasteiger partial charge is 0.454 e. The van der Waals surface area contributed by atoms with E-state index in [2.05, 4.69) is 15.4 Å². The minimum absolute atomic E-state index is 0.212. The molecule has 1 aromatic carbocycles. The van der Waals surface area contributed by atoms with Crippen LogP contribution in [0.1, 0.15) is 0 Å². The summed E-state index contributed by atoms with van der Waals surface area (Å²) in [5.74, 6) is 1.26. The Morgan fingerprint density at radius 1 is 1.21 bits per heavy atom. The molecule has 3 heterocycles. The lowest BCUT2D eigenvalue weighted by Gasteiger charge is -2.09. The molecule has 0 amide bonds. The van der Waals surface area contributed by atoms with Gasteiger partial charge in [-0.05, 0) is 24.3 Å². The number of rotatable bonds is 5. The number of anilines is 1. The van der Waals surface area contributed by atoms with E-state index in [1.165, 1.54) is 0 Å². The van der Waals surface area contributed by atoms with E-state index in [1.54, 1.807) is 16.8 Å². The number of benzene rings is 1. The fourth-order valence-electron chi connectivity index (χ4n) is 2.53. The number of hydrogen-bond acceptors (Lipinski definition) is 6. The van der Waals surface area contributed by atoms with Gasteiger partial charge < -0.3 is 19.9 Å². The lowest BCUT2D eigenvalue weighted by Crippen LogP contribution is -2.23. The van der Waals surface area contributed by atoms with Crippen molar-refractivity contribution in [2.24, 2.45) is 0 Å². The van der Waals surface area contributed by atoms with Crippen LogP contribution in [0.5, 0.6) is 0 Å². The molecule has 0 saturated heterocycles. The zero-order valence-corrected chi connectivity index (χ0v) is 12.8. The Labute approximate surface area is 137 Å². The highest BCUT2D eigenvalue weighted by atomic mass is 16.3. The second-order valence-electron chi connectivity index (χ2n) is 5.50. The highest BCUT2D eigenvalue weighted by Gasteiger charge is 2.13. The Bertz CT molecular complexity index is 959. The van der Waals surface area contributed by atoms with E-state index in [1.807, 2.05) is 36.4 Å². The van der Waals surface area contributed by atoms with Gasteiger partial charge in [0.15, 0.2) is 11.4 Å². The number of para-hydroxylation sites is 1. The monoisotopic (exact) mass is 324 g/mol. The Balaban J connectivity index is 1.72. The maximum Gasteiger partial charge on any atom is 0.155 e. The van der Waals surface area contributed by atoms with Crippen LogP contribution in [0.3, 0.4) is 0 Å². The maximum absolute atomic E-state index is 9.43. The van der Waals surface area contributed by atoms with Crippen LogP contribution in [0.25, 0.3) is 28.1 Å². The first kappa shape index (κ1) is 14.7. The van der Waals surface area contributed by atoms with Gasteiger partial charge in [-0.25, -0.2) is 9.50 Å². The number of nitrogens with one attached hydrogen (secondary N) is 1. The fourth-order valence-corrected chi connectivity index (χ4v) is 2.53. The van der Waals surface area contributed by atoms with Crippen LogP contribution < -0.4 is 5.32 Å². The van der Waals surface area contributed by atoms with E-state index in [0.29, 0.717) is 17.2 Å². The van der Waals surface area contributed by atoms with Crippen LogP contribution in [0.2, 0.25) is 0 Å². The number of fused-ring (bicyclic) bond motifs is 2. The van der Waals surface area contributed by atoms with E-state index < -0.39 is 6.10 Å². The third kappa shape index (κ3) is 2.60. The SMILES string of the molecule is OCC(O)CNc1ccc2ncc(-c3cc4ccccc4o3)n2n1. The molecule has 0 aliphatic rings. The van der Waals surface area contributed by atoms with Gasteiger partial charge >= 0.3 is 0 Å². The summed E-state index contributed by atoms with van der Waals surface area (Å²) in [4.78, 5) is 4.34. The van der Waals surface area contributed by atoms with Gasteiger partial charge in [-0.2, -0.15) is 0 Å². The average molecular weight is 324 g/mol. The van der Waals surface area contributed by atoms with Gasteiger partial charge in [-0.1, -0.05) is 18.2 Å². The number of hydrogen-bond donors (Lipinski definition) is 3. The molecule has 0 saturated carbocycles. The summed E-state index contributed by atoms with van der Waals surface area (Å²) >= 11 is 0. The number of nitrogens with zero attached hydrogens (tertiary/aromatic N) is 3. The van der Waals surface area contributed by atoms with Gasteiger partial charge in [0.05, 0.1) is 18.9 Å². The molecule has 0 bridgehead atoms. The lowest BCUT2D eigenvalue weighted by atomic mass is 10.2. The Kier molecular flexibility index (Phi) is 3.64. The first-order valence-corrected chi connectivity index (χ1v) is 7.61. The van der Waals surface area contributed by atoms with Crippen molar-refractivity contribution in [3.63, 3.8) is 0 Å². The van der Waals surface area contributed by atoms with Crippen molar-refractivity contribution in [3.05, 3.63) is 48.7 Å². The van der Waals surface area contributed by atoms with Crippen LogP contribution >= 0.6 is 0 Å². The van der Waals surface area contributed by atoms with Crippen LogP contribution in [0.4, 0.5) is 5.82 Å².